The van der Waals surface area contributed by atoms with E-state index in [1.54, 1.807) is 12.3 Å². The Balaban J connectivity index is 1.28. The zero-order valence-electron chi connectivity index (χ0n) is 16.2. The molecule has 9 heteroatoms. The second kappa shape index (κ2) is 7.16. The molecule has 0 aliphatic carbocycles. The molecule has 0 amide bonds. The van der Waals surface area contributed by atoms with Gasteiger partial charge in [-0.05, 0) is 0 Å². The van der Waals surface area contributed by atoms with Gasteiger partial charge in [0.15, 0.2) is 29.3 Å². The lowest BCUT2D eigenvalue weighted by molar-refractivity contribution is 0.00794. The van der Waals surface area contributed by atoms with E-state index in [4.69, 9.17) is 18.6 Å². The van der Waals surface area contributed by atoms with Crippen LogP contribution < -0.4 is 4.74 Å². The van der Waals surface area contributed by atoms with E-state index in [-0.39, 0.29) is 36.5 Å². The predicted molar refractivity (Wildman–Crippen MR) is 107 cm³/mol. The SMILES string of the molecule is O[C@@H]1CO[C@H]2[C@@H]1OC[C@H]2Oc1cc2nc(-c3ncc(-c4ccccc4)o3)c(F)cc2[nH]1. The molecule has 8 nitrogen and oxygen atoms in total. The van der Waals surface area contributed by atoms with Gasteiger partial charge in [0, 0.05) is 17.7 Å². The van der Waals surface area contributed by atoms with E-state index in [2.05, 4.69) is 15.0 Å². The summed E-state index contributed by atoms with van der Waals surface area (Å²) in [5.41, 5.74) is 1.85. The number of aliphatic hydroxyl groups is 1. The Hall–Kier alpha value is -3.27. The van der Waals surface area contributed by atoms with Crippen LogP contribution in [0.3, 0.4) is 0 Å². The molecule has 0 radical (unpaired) electrons. The largest absolute Gasteiger partial charge is 0.470 e. The number of fused-ring (bicyclic) bond motifs is 2. The van der Waals surface area contributed by atoms with Crippen molar-refractivity contribution in [1.82, 2.24) is 15.0 Å². The van der Waals surface area contributed by atoms with Crippen LogP contribution >= 0.6 is 0 Å². The first-order valence-corrected chi connectivity index (χ1v) is 9.94. The number of aliphatic hydroxyl groups excluding tert-OH is 1. The van der Waals surface area contributed by atoms with Gasteiger partial charge < -0.3 is 28.7 Å². The van der Waals surface area contributed by atoms with Gasteiger partial charge in [-0.1, -0.05) is 30.3 Å². The first kappa shape index (κ1) is 18.5. The number of pyridine rings is 1. The van der Waals surface area contributed by atoms with Crippen molar-refractivity contribution in [3.8, 4) is 28.8 Å². The normalized spacial score (nSPS) is 25.2. The fourth-order valence-corrected chi connectivity index (χ4v) is 4.05. The summed E-state index contributed by atoms with van der Waals surface area (Å²) < 4.78 is 37.6. The Labute approximate surface area is 175 Å². The zero-order chi connectivity index (χ0) is 20.9. The van der Waals surface area contributed by atoms with Crippen molar-refractivity contribution in [3.63, 3.8) is 0 Å². The lowest BCUT2D eigenvalue weighted by Crippen LogP contribution is -2.34. The highest BCUT2D eigenvalue weighted by atomic mass is 19.1. The van der Waals surface area contributed by atoms with Gasteiger partial charge in [-0.15, -0.1) is 0 Å². The van der Waals surface area contributed by atoms with Crippen LogP contribution in [0.25, 0.3) is 33.9 Å². The number of H-pyrrole nitrogens is 1. The van der Waals surface area contributed by atoms with E-state index in [0.29, 0.717) is 29.3 Å². The van der Waals surface area contributed by atoms with E-state index in [0.717, 1.165) is 5.56 Å². The Morgan fingerprint density at radius 1 is 1.10 bits per heavy atom. The Kier molecular flexibility index (Phi) is 4.27. The molecular formula is C22H18FN3O5. The van der Waals surface area contributed by atoms with Crippen LogP contribution in [0.15, 0.2) is 53.1 Å². The van der Waals surface area contributed by atoms with Crippen molar-refractivity contribution < 1.29 is 28.1 Å². The van der Waals surface area contributed by atoms with Crippen molar-refractivity contribution in [2.75, 3.05) is 13.2 Å². The molecule has 0 unspecified atom stereocenters. The first-order valence-electron chi connectivity index (χ1n) is 9.94. The number of nitrogens with zero attached hydrogens (tertiary/aromatic N) is 2. The standard InChI is InChI=1S/C22H18FN3O5/c23-12-6-13-14(7-18(25-13)30-17-10-29-20-15(27)9-28-21(17)20)26-19(12)22-24-8-16(31-22)11-4-2-1-3-5-11/h1-8,15,17,20-21,25,27H,9-10H2/t15-,17-,20-,21-/m1/s1. The van der Waals surface area contributed by atoms with E-state index in [1.165, 1.54) is 6.07 Å². The van der Waals surface area contributed by atoms with Gasteiger partial charge in [0.2, 0.25) is 5.89 Å². The second-order valence-corrected chi connectivity index (χ2v) is 7.60. The maximum atomic E-state index is 14.8. The molecule has 4 aromatic rings. The molecule has 5 heterocycles. The molecule has 4 atom stereocenters. The number of nitrogens with one attached hydrogen (secondary N) is 1. The summed E-state index contributed by atoms with van der Waals surface area (Å²) in [6, 6.07) is 12.5. The van der Waals surface area contributed by atoms with Gasteiger partial charge in [-0.25, -0.2) is 14.4 Å². The second-order valence-electron chi connectivity index (χ2n) is 7.60. The molecule has 6 rings (SSSR count). The van der Waals surface area contributed by atoms with Crippen molar-refractivity contribution in [1.29, 1.82) is 0 Å². The summed E-state index contributed by atoms with van der Waals surface area (Å²) in [6.45, 7) is 0.520. The highest BCUT2D eigenvalue weighted by molar-refractivity contribution is 5.80. The molecule has 0 bridgehead atoms. The molecule has 158 valence electrons. The highest BCUT2D eigenvalue weighted by Crippen LogP contribution is 2.32. The number of hydrogen-bond acceptors (Lipinski definition) is 7. The monoisotopic (exact) mass is 423 g/mol. The van der Waals surface area contributed by atoms with Crippen molar-refractivity contribution in [2.24, 2.45) is 0 Å². The van der Waals surface area contributed by atoms with Gasteiger partial charge in [-0.2, -0.15) is 0 Å². The number of benzene rings is 1. The highest BCUT2D eigenvalue weighted by Gasteiger charge is 2.48. The molecule has 1 aromatic carbocycles. The number of aromatic amines is 1. The summed E-state index contributed by atoms with van der Waals surface area (Å²) in [4.78, 5) is 11.6. The van der Waals surface area contributed by atoms with Crippen LogP contribution in [-0.2, 0) is 9.47 Å². The maximum absolute atomic E-state index is 14.8. The van der Waals surface area contributed by atoms with Crippen LogP contribution in [0.2, 0.25) is 0 Å². The van der Waals surface area contributed by atoms with Crippen LogP contribution in [0.5, 0.6) is 5.88 Å². The average molecular weight is 423 g/mol. The average Bonchev–Trinajstić information content (AvgIpc) is 3.55. The maximum Gasteiger partial charge on any atom is 0.248 e. The Morgan fingerprint density at radius 3 is 2.81 bits per heavy atom. The summed E-state index contributed by atoms with van der Waals surface area (Å²) >= 11 is 0. The van der Waals surface area contributed by atoms with Crippen LogP contribution in [-0.4, -0.2) is 57.7 Å². The van der Waals surface area contributed by atoms with E-state index >= 15 is 0 Å². The minimum atomic E-state index is -0.652. The van der Waals surface area contributed by atoms with E-state index in [9.17, 15) is 9.50 Å². The molecule has 2 saturated heterocycles. The molecule has 0 saturated carbocycles. The molecule has 31 heavy (non-hydrogen) atoms. The lowest BCUT2D eigenvalue weighted by Gasteiger charge is -2.16. The molecule has 2 aliphatic heterocycles. The van der Waals surface area contributed by atoms with Crippen molar-refractivity contribution in [2.45, 2.75) is 24.4 Å². The minimum Gasteiger partial charge on any atom is -0.470 e. The smallest absolute Gasteiger partial charge is 0.248 e. The molecule has 2 N–H and O–H groups in total. The van der Waals surface area contributed by atoms with Crippen molar-refractivity contribution >= 4 is 11.0 Å². The molecule has 2 fully saturated rings. The van der Waals surface area contributed by atoms with Crippen LogP contribution in [0.1, 0.15) is 0 Å². The fourth-order valence-electron chi connectivity index (χ4n) is 4.05. The van der Waals surface area contributed by atoms with Gasteiger partial charge >= 0.3 is 0 Å². The minimum absolute atomic E-state index is 0.0201. The van der Waals surface area contributed by atoms with E-state index < -0.39 is 11.9 Å². The summed E-state index contributed by atoms with van der Waals surface area (Å²) in [5, 5.41) is 9.86. The van der Waals surface area contributed by atoms with Gasteiger partial charge in [0.05, 0.1) is 30.4 Å². The molecule has 0 spiro atoms. The first-order chi connectivity index (χ1) is 15.2. The number of oxazole rings is 1. The molecular weight excluding hydrogens is 405 g/mol. The summed E-state index contributed by atoms with van der Waals surface area (Å²) in [7, 11) is 0. The fraction of sp³-hybridized carbons (Fsp3) is 0.273. The third-order valence-corrected chi connectivity index (χ3v) is 5.56. The number of ether oxygens (including phenoxy) is 3. The Morgan fingerprint density at radius 2 is 1.94 bits per heavy atom. The summed E-state index contributed by atoms with van der Waals surface area (Å²) in [6.07, 6.45) is -0.208. The quantitative estimate of drug-likeness (QED) is 0.520. The molecule has 2 aliphatic rings. The van der Waals surface area contributed by atoms with Crippen LogP contribution in [0, 0.1) is 5.82 Å². The van der Waals surface area contributed by atoms with Crippen LogP contribution in [0.4, 0.5) is 4.39 Å². The van der Waals surface area contributed by atoms with Gasteiger partial charge in [-0.3, -0.25) is 0 Å². The molecule has 3 aromatic heterocycles. The van der Waals surface area contributed by atoms with Gasteiger partial charge in [0.1, 0.15) is 18.3 Å². The topological polar surface area (TPSA) is 103 Å². The number of aromatic nitrogens is 3. The van der Waals surface area contributed by atoms with Gasteiger partial charge in [0.25, 0.3) is 0 Å². The van der Waals surface area contributed by atoms with Crippen molar-refractivity contribution in [3.05, 3.63) is 54.5 Å². The third-order valence-electron chi connectivity index (χ3n) is 5.56. The lowest BCUT2D eigenvalue weighted by atomic mass is 10.1. The Bertz CT molecular complexity index is 1240. The zero-order valence-corrected chi connectivity index (χ0v) is 16.2. The third kappa shape index (κ3) is 3.18. The van der Waals surface area contributed by atoms with E-state index in [1.807, 2.05) is 30.3 Å². The number of rotatable bonds is 4. The number of hydrogen-bond donors (Lipinski definition) is 2. The predicted octanol–water partition coefficient (Wildman–Crippen LogP) is 2.93. The number of halogens is 1. The summed E-state index contributed by atoms with van der Waals surface area (Å²) in [5.74, 6) is 0.483.